The average molecular weight is 337 g/mol. The van der Waals surface area contributed by atoms with Gasteiger partial charge in [-0.1, -0.05) is 15.9 Å². The molecule has 2 rings (SSSR count). The maximum atomic E-state index is 11.5. The van der Waals surface area contributed by atoms with E-state index in [1.54, 1.807) is 37.3 Å². The number of carbonyl (C=O) groups excluding carboxylic acids is 1. The Bertz CT molecular complexity index is 594. The molecule has 104 valence electrons. The molecule has 0 saturated heterocycles. The first kappa shape index (κ1) is 14.3. The third-order valence-electron chi connectivity index (χ3n) is 2.36. The van der Waals surface area contributed by atoms with Crippen LogP contribution in [0.4, 0.5) is 5.69 Å². The predicted octanol–water partition coefficient (Wildman–Crippen LogP) is 3.40. The molecular formula is C14H13BrN2O3. The molecule has 6 heteroatoms. The van der Waals surface area contributed by atoms with Gasteiger partial charge in [0.15, 0.2) is 0 Å². The van der Waals surface area contributed by atoms with Crippen molar-refractivity contribution in [2.75, 3.05) is 12.3 Å². The topological polar surface area (TPSA) is 74.4 Å². The Kier molecular flexibility index (Phi) is 4.57. The van der Waals surface area contributed by atoms with Crippen molar-refractivity contribution in [3.8, 4) is 11.6 Å². The number of pyridine rings is 1. The van der Waals surface area contributed by atoms with Gasteiger partial charge in [0.05, 0.1) is 12.2 Å². The summed E-state index contributed by atoms with van der Waals surface area (Å²) in [6, 6.07) is 8.43. The van der Waals surface area contributed by atoms with Crippen molar-refractivity contribution in [3.05, 3.63) is 46.6 Å². The molecule has 20 heavy (non-hydrogen) atoms. The van der Waals surface area contributed by atoms with E-state index >= 15 is 0 Å². The Morgan fingerprint density at radius 2 is 2.15 bits per heavy atom. The molecule has 0 bridgehead atoms. The molecule has 0 saturated carbocycles. The fraction of sp³-hybridized carbons (Fsp3) is 0.143. The first-order chi connectivity index (χ1) is 9.58. The number of nitrogens with zero attached hydrogens (tertiary/aromatic N) is 1. The van der Waals surface area contributed by atoms with Crippen LogP contribution in [0.15, 0.2) is 41.0 Å². The van der Waals surface area contributed by atoms with Crippen molar-refractivity contribution < 1.29 is 14.3 Å². The average Bonchev–Trinajstić information content (AvgIpc) is 2.38. The fourth-order valence-corrected chi connectivity index (χ4v) is 2.03. The zero-order valence-corrected chi connectivity index (χ0v) is 12.4. The van der Waals surface area contributed by atoms with Gasteiger partial charge in [0.1, 0.15) is 5.75 Å². The summed E-state index contributed by atoms with van der Waals surface area (Å²) in [4.78, 5) is 15.5. The van der Waals surface area contributed by atoms with Crippen LogP contribution in [-0.4, -0.2) is 17.6 Å². The lowest BCUT2D eigenvalue weighted by atomic mass is 10.3. The first-order valence-corrected chi connectivity index (χ1v) is 6.75. The Hall–Kier alpha value is -2.08. The van der Waals surface area contributed by atoms with Crippen LogP contribution in [0, 0.1) is 0 Å². The molecule has 0 aliphatic rings. The van der Waals surface area contributed by atoms with Gasteiger partial charge in [0.25, 0.3) is 0 Å². The van der Waals surface area contributed by atoms with Crippen molar-refractivity contribution in [2.24, 2.45) is 0 Å². The van der Waals surface area contributed by atoms with Crippen molar-refractivity contribution in [3.63, 3.8) is 0 Å². The van der Waals surface area contributed by atoms with E-state index in [-0.39, 0.29) is 0 Å². The Balaban J connectivity index is 2.12. The molecule has 5 nitrogen and oxygen atoms in total. The van der Waals surface area contributed by atoms with E-state index in [9.17, 15) is 4.79 Å². The number of ether oxygens (including phenoxy) is 2. The van der Waals surface area contributed by atoms with E-state index in [2.05, 4.69) is 20.9 Å². The number of rotatable bonds is 4. The lowest BCUT2D eigenvalue weighted by molar-refractivity contribution is 0.0526. The lowest BCUT2D eigenvalue weighted by Gasteiger charge is -2.07. The summed E-state index contributed by atoms with van der Waals surface area (Å²) < 4.78 is 11.3. The highest BCUT2D eigenvalue weighted by Crippen LogP contribution is 2.26. The van der Waals surface area contributed by atoms with Crippen LogP contribution in [-0.2, 0) is 4.74 Å². The molecule has 1 heterocycles. The van der Waals surface area contributed by atoms with Crippen LogP contribution in [0.3, 0.4) is 0 Å². The smallest absolute Gasteiger partial charge is 0.339 e. The summed E-state index contributed by atoms with van der Waals surface area (Å²) >= 11 is 3.33. The molecular weight excluding hydrogens is 324 g/mol. The van der Waals surface area contributed by atoms with Gasteiger partial charge < -0.3 is 15.2 Å². The van der Waals surface area contributed by atoms with Crippen LogP contribution in [0.5, 0.6) is 11.6 Å². The molecule has 2 aromatic rings. The number of anilines is 1. The Morgan fingerprint density at radius 1 is 1.35 bits per heavy atom. The van der Waals surface area contributed by atoms with Gasteiger partial charge in [0, 0.05) is 28.5 Å². The van der Waals surface area contributed by atoms with E-state index in [1.165, 1.54) is 6.20 Å². The summed E-state index contributed by atoms with van der Waals surface area (Å²) in [5.41, 5.74) is 6.68. The third-order valence-corrected chi connectivity index (χ3v) is 2.82. The fourth-order valence-electron chi connectivity index (χ4n) is 1.54. The van der Waals surface area contributed by atoms with Crippen molar-refractivity contribution in [1.82, 2.24) is 4.98 Å². The number of hydrogen-bond donors (Lipinski definition) is 1. The quantitative estimate of drug-likeness (QED) is 0.684. The Morgan fingerprint density at radius 3 is 2.75 bits per heavy atom. The summed E-state index contributed by atoms with van der Waals surface area (Å²) in [6.45, 7) is 2.08. The van der Waals surface area contributed by atoms with E-state index < -0.39 is 5.97 Å². The SMILES string of the molecule is CCOC(=O)c1ccc(Oc2cc(N)cc(Br)c2)nc1. The molecule has 1 aromatic heterocycles. The monoisotopic (exact) mass is 336 g/mol. The van der Waals surface area contributed by atoms with Crippen molar-refractivity contribution >= 4 is 27.6 Å². The number of nitrogens with two attached hydrogens (primary N) is 1. The highest BCUT2D eigenvalue weighted by Gasteiger charge is 2.07. The predicted molar refractivity (Wildman–Crippen MR) is 78.8 cm³/mol. The van der Waals surface area contributed by atoms with E-state index in [0.29, 0.717) is 29.5 Å². The number of halogens is 1. The maximum absolute atomic E-state index is 11.5. The van der Waals surface area contributed by atoms with E-state index in [1.807, 2.05) is 0 Å². The normalized spacial score (nSPS) is 10.1. The minimum absolute atomic E-state index is 0.328. The van der Waals surface area contributed by atoms with Crippen LogP contribution in [0.2, 0.25) is 0 Å². The summed E-state index contributed by atoms with van der Waals surface area (Å²) in [5, 5.41) is 0. The number of aromatic nitrogens is 1. The third kappa shape index (κ3) is 3.71. The minimum Gasteiger partial charge on any atom is -0.462 e. The number of carbonyl (C=O) groups is 1. The minimum atomic E-state index is -0.404. The number of hydrogen-bond acceptors (Lipinski definition) is 5. The van der Waals surface area contributed by atoms with Gasteiger partial charge in [-0.2, -0.15) is 0 Å². The molecule has 0 spiro atoms. The molecule has 0 fully saturated rings. The molecule has 2 N–H and O–H groups in total. The number of esters is 1. The standard InChI is InChI=1S/C14H13BrN2O3/c1-2-19-14(18)9-3-4-13(17-8-9)20-12-6-10(15)5-11(16)7-12/h3-8H,2,16H2,1H3. The number of nitrogen functional groups attached to an aromatic ring is 1. The molecule has 0 amide bonds. The summed E-state index contributed by atoms with van der Waals surface area (Å²) in [6.07, 6.45) is 1.41. The molecule has 0 unspecified atom stereocenters. The number of benzene rings is 1. The molecule has 0 aliphatic carbocycles. The molecule has 0 aliphatic heterocycles. The largest absolute Gasteiger partial charge is 0.462 e. The zero-order chi connectivity index (χ0) is 14.5. The summed E-state index contributed by atoms with van der Waals surface area (Å²) in [5.74, 6) is 0.530. The van der Waals surface area contributed by atoms with Crippen LogP contribution in [0.25, 0.3) is 0 Å². The van der Waals surface area contributed by atoms with Gasteiger partial charge in [-0.25, -0.2) is 9.78 Å². The highest BCUT2D eigenvalue weighted by molar-refractivity contribution is 9.10. The lowest BCUT2D eigenvalue weighted by Crippen LogP contribution is -2.04. The van der Waals surface area contributed by atoms with E-state index in [4.69, 9.17) is 15.2 Å². The van der Waals surface area contributed by atoms with Gasteiger partial charge in [-0.05, 0) is 25.1 Å². The Labute approximate surface area is 124 Å². The van der Waals surface area contributed by atoms with Gasteiger partial charge in [-0.15, -0.1) is 0 Å². The van der Waals surface area contributed by atoms with Crippen LogP contribution in [0.1, 0.15) is 17.3 Å². The summed E-state index contributed by atoms with van der Waals surface area (Å²) in [7, 11) is 0. The van der Waals surface area contributed by atoms with Crippen LogP contribution >= 0.6 is 15.9 Å². The zero-order valence-electron chi connectivity index (χ0n) is 10.8. The first-order valence-electron chi connectivity index (χ1n) is 5.95. The van der Waals surface area contributed by atoms with Crippen molar-refractivity contribution in [2.45, 2.75) is 6.92 Å². The van der Waals surface area contributed by atoms with Crippen molar-refractivity contribution in [1.29, 1.82) is 0 Å². The highest BCUT2D eigenvalue weighted by atomic mass is 79.9. The molecule has 1 aromatic carbocycles. The molecule has 0 atom stereocenters. The van der Waals surface area contributed by atoms with Gasteiger partial charge in [0.2, 0.25) is 5.88 Å². The van der Waals surface area contributed by atoms with Crippen LogP contribution < -0.4 is 10.5 Å². The van der Waals surface area contributed by atoms with E-state index in [0.717, 1.165) is 4.47 Å². The maximum Gasteiger partial charge on any atom is 0.339 e. The second-order valence-electron chi connectivity index (χ2n) is 3.93. The molecule has 0 radical (unpaired) electrons. The second-order valence-corrected chi connectivity index (χ2v) is 4.84. The van der Waals surface area contributed by atoms with Gasteiger partial charge >= 0.3 is 5.97 Å². The second kappa shape index (κ2) is 6.38. The van der Waals surface area contributed by atoms with Gasteiger partial charge in [-0.3, -0.25) is 0 Å².